The summed E-state index contributed by atoms with van der Waals surface area (Å²) in [4.78, 5) is 0. The van der Waals surface area contributed by atoms with Crippen LogP contribution >= 0.6 is 55.1 Å². The fourth-order valence-electron chi connectivity index (χ4n) is 2.89. The topological polar surface area (TPSA) is 0 Å². The zero-order valence-corrected chi connectivity index (χ0v) is 18.4. The van der Waals surface area contributed by atoms with E-state index >= 15 is 0 Å². The summed E-state index contributed by atoms with van der Waals surface area (Å²) in [5.74, 6) is -10.1. The molecule has 3 aromatic carbocycles. The Kier molecular flexibility index (Phi) is 6.63. The van der Waals surface area contributed by atoms with Crippen LogP contribution in [0.3, 0.4) is 0 Å². The van der Waals surface area contributed by atoms with E-state index in [1.807, 2.05) is 0 Å². The fourth-order valence-corrected chi connectivity index (χ4v) is 4.70. The average Bonchev–Trinajstić information content (AvgIpc) is 2.66. The van der Waals surface area contributed by atoms with Gasteiger partial charge in [-0.15, -0.1) is 0 Å². The predicted octanol–water partition coefficient (Wildman–Crippen LogP) is 5.87. The third-order valence-electron chi connectivity index (χ3n) is 4.16. The highest BCUT2D eigenvalue weighted by Gasteiger charge is 2.37. The molecule has 0 radical (unpaired) electrons. The molecule has 0 aliphatic carbocycles. The third kappa shape index (κ3) is 3.94. The standard InChI is InChI=1S/C18H5BBr2Cl2F6/c20-7-5-8(21)16(27)13(15(7)26)19(12-9(22)2-1-3-10(12)23)6-4-11(24)17(28)18(29)14(6)25/h1-5H. The minimum Gasteiger partial charge on any atom is -0.206 e. The van der Waals surface area contributed by atoms with Crippen LogP contribution in [0.15, 0.2) is 39.3 Å². The molecule has 0 aliphatic rings. The Morgan fingerprint density at radius 3 is 1.69 bits per heavy atom. The molecule has 0 spiro atoms. The summed E-state index contributed by atoms with van der Waals surface area (Å²) in [5.41, 5.74) is -1.91. The van der Waals surface area contributed by atoms with Crippen LogP contribution in [0, 0.1) is 34.9 Å². The van der Waals surface area contributed by atoms with Crippen LogP contribution in [0.1, 0.15) is 0 Å². The maximum absolute atomic E-state index is 15.0. The average molecular weight is 577 g/mol. The molecule has 0 nitrogen and oxygen atoms in total. The number of rotatable bonds is 3. The molecule has 0 aromatic heterocycles. The minimum atomic E-state index is -2.14. The van der Waals surface area contributed by atoms with Crippen LogP contribution in [0.2, 0.25) is 10.0 Å². The molecule has 0 saturated carbocycles. The molecule has 0 bridgehead atoms. The molecule has 0 saturated heterocycles. The Morgan fingerprint density at radius 2 is 1.17 bits per heavy atom. The fraction of sp³-hybridized carbons (Fsp3) is 0. The highest BCUT2D eigenvalue weighted by atomic mass is 79.9. The summed E-state index contributed by atoms with van der Waals surface area (Å²) in [6, 6.07) is 5.38. The van der Waals surface area contributed by atoms with E-state index in [-0.39, 0.29) is 24.5 Å². The van der Waals surface area contributed by atoms with E-state index in [2.05, 4.69) is 31.9 Å². The van der Waals surface area contributed by atoms with Gasteiger partial charge in [0.15, 0.2) is 23.3 Å². The van der Waals surface area contributed by atoms with E-state index in [0.717, 1.165) is 6.07 Å². The lowest BCUT2D eigenvalue weighted by atomic mass is 9.36. The van der Waals surface area contributed by atoms with Gasteiger partial charge in [-0.05, 0) is 67.1 Å². The van der Waals surface area contributed by atoms with Gasteiger partial charge in [0.25, 0.3) is 6.71 Å². The van der Waals surface area contributed by atoms with Gasteiger partial charge in [0, 0.05) is 15.5 Å². The molecular weight excluding hydrogens is 572 g/mol. The van der Waals surface area contributed by atoms with Gasteiger partial charge in [-0.2, -0.15) is 0 Å². The van der Waals surface area contributed by atoms with Crippen molar-refractivity contribution < 1.29 is 26.3 Å². The largest absolute Gasteiger partial charge is 0.256 e. The molecule has 0 atom stereocenters. The van der Waals surface area contributed by atoms with E-state index in [9.17, 15) is 26.3 Å². The van der Waals surface area contributed by atoms with Crippen LogP contribution < -0.4 is 16.4 Å². The van der Waals surface area contributed by atoms with Gasteiger partial charge in [-0.25, -0.2) is 26.3 Å². The van der Waals surface area contributed by atoms with Crippen molar-refractivity contribution in [3.05, 3.63) is 84.2 Å². The SMILES string of the molecule is Fc1cc(B(c2c(Cl)cccc2Cl)c2c(F)c(Br)cc(Br)c2F)c(F)c(F)c1F. The van der Waals surface area contributed by atoms with E-state index < -0.39 is 52.5 Å². The van der Waals surface area contributed by atoms with Crippen molar-refractivity contribution in [2.75, 3.05) is 0 Å². The first-order valence-corrected chi connectivity index (χ1v) is 10.00. The highest BCUT2D eigenvalue weighted by Crippen LogP contribution is 2.25. The third-order valence-corrected chi connectivity index (χ3v) is 5.98. The zero-order chi connectivity index (χ0) is 21.6. The Morgan fingerprint density at radius 1 is 0.655 bits per heavy atom. The molecule has 0 fully saturated rings. The van der Waals surface area contributed by atoms with Crippen LogP contribution in [0.25, 0.3) is 0 Å². The minimum absolute atomic E-state index is 0.151. The molecule has 11 heteroatoms. The van der Waals surface area contributed by atoms with Crippen molar-refractivity contribution >= 4 is 78.2 Å². The van der Waals surface area contributed by atoms with Crippen molar-refractivity contribution in [1.29, 1.82) is 0 Å². The zero-order valence-electron chi connectivity index (χ0n) is 13.7. The summed E-state index contributed by atoms with van der Waals surface area (Å²) in [5, 5.41) is -0.302. The first-order chi connectivity index (χ1) is 13.6. The van der Waals surface area contributed by atoms with Crippen LogP contribution in [-0.2, 0) is 0 Å². The molecule has 3 rings (SSSR count). The second kappa shape index (κ2) is 8.53. The molecule has 150 valence electrons. The van der Waals surface area contributed by atoms with Gasteiger partial charge in [0.05, 0.1) is 8.95 Å². The van der Waals surface area contributed by atoms with E-state index in [0.29, 0.717) is 6.07 Å². The van der Waals surface area contributed by atoms with Crippen molar-refractivity contribution in [1.82, 2.24) is 0 Å². The predicted molar refractivity (Wildman–Crippen MR) is 109 cm³/mol. The van der Waals surface area contributed by atoms with Crippen molar-refractivity contribution in [3.63, 3.8) is 0 Å². The number of halogens is 10. The quantitative estimate of drug-likeness (QED) is 0.158. The molecule has 0 amide bonds. The van der Waals surface area contributed by atoms with Crippen molar-refractivity contribution in [3.8, 4) is 0 Å². The monoisotopic (exact) mass is 574 g/mol. The summed E-state index contributed by atoms with van der Waals surface area (Å²) < 4.78 is 85.5. The van der Waals surface area contributed by atoms with E-state index in [4.69, 9.17) is 23.2 Å². The Hall–Kier alpha value is -1.16. The second-order valence-electron chi connectivity index (χ2n) is 5.84. The molecular formula is C18H5BBr2Cl2F6. The summed E-state index contributed by atoms with van der Waals surface area (Å²) in [6.45, 7) is -1.84. The maximum Gasteiger partial charge on any atom is 0.256 e. The van der Waals surface area contributed by atoms with E-state index in [1.54, 1.807) is 0 Å². The molecule has 0 aliphatic heterocycles. The first kappa shape index (κ1) is 22.5. The van der Waals surface area contributed by atoms with Gasteiger partial charge in [-0.1, -0.05) is 29.3 Å². The number of hydrogen-bond donors (Lipinski definition) is 0. The molecule has 29 heavy (non-hydrogen) atoms. The Bertz CT molecular complexity index is 1100. The van der Waals surface area contributed by atoms with Crippen LogP contribution in [-0.4, -0.2) is 6.71 Å². The van der Waals surface area contributed by atoms with Crippen molar-refractivity contribution in [2.24, 2.45) is 0 Å². The number of benzene rings is 3. The molecule has 0 N–H and O–H groups in total. The van der Waals surface area contributed by atoms with Gasteiger partial charge < -0.3 is 0 Å². The summed E-state index contributed by atoms with van der Waals surface area (Å²) in [6.07, 6.45) is 0. The van der Waals surface area contributed by atoms with Gasteiger partial charge >= 0.3 is 0 Å². The van der Waals surface area contributed by atoms with Gasteiger partial charge in [0.1, 0.15) is 11.6 Å². The lowest BCUT2D eigenvalue weighted by Crippen LogP contribution is -2.57. The highest BCUT2D eigenvalue weighted by molar-refractivity contribution is 9.11. The first-order valence-electron chi connectivity index (χ1n) is 7.65. The smallest absolute Gasteiger partial charge is 0.206 e. The second-order valence-corrected chi connectivity index (χ2v) is 8.36. The van der Waals surface area contributed by atoms with Gasteiger partial charge in [-0.3, -0.25) is 0 Å². The van der Waals surface area contributed by atoms with Gasteiger partial charge in [0.2, 0.25) is 0 Å². The Balaban J connectivity index is 2.51. The summed E-state index contributed by atoms with van der Waals surface area (Å²) in [7, 11) is 0. The van der Waals surface area contributed by atoms with Crippen LogP contribution in [0.5, 0.6) is 0 Å². The normalized spacial score (nSPS) is 11.1. The molecule has 0 heterocycles. The van der Waals surface area contributed by atoms with Crippen molar-refractivity contribution in [2.45, 2.75) is 0 Å². The lowest BCUT2D eigenvalue weighted by Gasteiger charge is -2.21. The maximum atomic E-state index is 15.0. The molecule has 3 aromatic rings. The number of hydrogen-bond acceptors (Lipinski definition) is 0. The summed E-state index contributed by atoms with van der Waals surface area (Å²) >= 11 is 18.1. The Labute approximate surface area is 188 Å². The van der Waals surface area contributed by atoms with E-state index in [1.165, 1.54) is 18.2 Å². The van der Waals surface area contributed by atoms with Crippen LogP contribution in [0.4, 0.5) is 26.3 Å². The lowest BCUT2D eigenvalue weighted by molar-refractivity contribution is 0.412. The molecule has 0 unspecified atom stereocenters.